The van der Waals surface area contributed by atoms with Crippen molar-refractivity contribution < 1.29 is 4.79 Å². The first kappa shape index (κ1) is 11.8. The van der Waals surface area contributed by atoms with Crippen LogP contribution in [0, 0.1) is 12.0 Å². The number of fused-ring (bicyclic) bond motifs is 1. The highest BCUT2D eigenvalue weighted by Gasteiger charge is 2.40. The number of benzene rings is 1. The average Bonchev–Trinajstić information content (AvgIpc) is 2.73. The summed E-state index contributed by atoms with van der Waals surface area (Å²) in [5.41, 5.74) is 1.32. The van der Waals surface area contributed by atoms with Gasteiger partial charge in [0.15, 0.2) is 0 Å². The molecular weight excluding hydrogens is 222 g/mol. The Hall–Kier alpha value is -1.31. The molecule has 1 radical (unpaired) electrons. The van der Waals surface area contributed by atoms with Crippen molar-refractivity contribution in [1.82, 2.24) is 4.90 Å². The smallest absolute Gasteiger partial charge is 0.223 e. The molecule has 1 saturated carbocycles. The third kappa shape index (κ3) is 2.29. The minimum Gasteiger partial charge on any atom is -0.334 e. The molecule has 1 unspecified atom stereocenters. The fourth-order valence-corrected chi connectivity index (χ4v) is 3.28. The fourth-order valence-electron chi connectivity index (χ4n) is 3.28. The molecular formula is C16H20NO. The Balaban J connectivity index is 1.63. The summed E-state index contributed by atoms with van der Waals surface area (Å²) in [6, 6.07) is 11.9. The lowest BCUT2D eigenvalue weighted by Gasteiger charge is -2.30. The standard InChI is InChI=1S/C16H20NO/c18-16-12-14-8-4-5-9-15(14)17(16)11-10-13-6-2-1-3-7-13/h1-3,6-7,14H,4-5,8-12H2. The van der Waals surface area contributed by atoms with Gasteiger partial charge in [0, 0.05) is 13.0 Å². The summed E-state index contributed by atoms with van der Waals surface area (Å²) in [6.07, 6.45) is 6.68. The number of amides is 1. The zero-order valence-electron chi connectivity index (χ0n) is 10.8. The summed E-state index contributed by atoms with van der Waals surface area (Å²) >= 11 is 0. The molecule has 0 spiro atoms. The second kappa shape index (κ2) is 5.13. The van der Waals surface area contributed by atoms with Gasteiger partial charge in [-0.2, -0.15) is 0 Å². The van der Waals surface area contributed by atoms with E-state index in [0.717, 1.165) is 25.8 Å². The molecule has 1 atom stereocenters. The molecule has 0 N–H and O–H groups in total. The SMILES string of the molecule is O=C1CC2CCCC[C]2N1CCc1ccccc1. The summed E-state index contributed by atoms with van der Waals surface area (Å²) in [5, 5.41) is 0. The second-order valence-electron chi connectivity index (χ2n) is 5.42. The Kier molecular flexibility index (Phi) is 3.35. The van der Waals surface area contributed by atoms with Crippen molar-refractivity contribution in [3.8, 4) is 0 Å². The first-order valence-electron chi connectivity index (χ1n) is 7.04. The quantitative estimate of drug-likeness (QED) is 0.797. The average molecular weight is 242 g/mol. The van der Waals surface area contributed by atoms with E-state index in [1.807, 2.05) is 6.07 Å². The molecule has 1 aromatic carbocycles. The van der Waals surface area contributed by atoms with Crippen LogP contribution in [0.3, 0.4) is 0 Å². The van der Waals surface area contributed by atoms with Crippen LogP contribution in [0.25, 0.3) is 0 Å². The van der Waals surface area contributed by atoms with Crippen molar-refractivity contribution in [2.45, 2.75) is 38.5 Å². The van der Waals surface area contributed by atoms with Gasteiger partial charge in [-0.25, -0.2) is 0 Å². The molecule has 1 amide bonds. The molecule has 2 nitrogen and oxygen atoms in total. The highest BCUT2D eigenvalue weighted by molar-refractivity contribution is 5.81. The third-order valence-electron chi connectivity index (χ3n) is 4.24. The number of hydrogen-bond acceptors (Lipinski definition) is 1. The number of rotatable bonds is 3. The molecule has 1 aliphatic carbocycles. The summed E-state index contributed by atoms with van der Waals surface area (Å²) in [5.74, 6) is 0.926. The molecule has 3 rings (SSSR count). The van der Waals surface area contributed by atoms with Gasteiger partial charge >= 0.3 is 0 Å². The number of hydrogen-bond donors (Lipinski definition) is 0. The predicted octanol–water partition coefficient (Wildman–Crippen LogP) is 3.18. The van der Waals surface area contributed by atoms with E-state index in [1.165, 1.54) is 30.9 Å². The van der Waals surface area contributed by atoms with Crippen LogP contribution in [0.5, 0.6) is 0 Å². The summed E-state index contributed by atoms with van der Waals surface area (Å²) in [4.78, 5) is 14.1. The van der Waals surface area contributed by atoms with E-state index >= 15 is 0 Å². The van der Waals surface area contributed by atoms with Crippen LogP contribution >= 0.6 is 0 Å². The van der Waals surface area contributed by atoms with E-state index in [4.69, 9.17) is 0 Å². The minimum absolute atomic E-state index is 0.354. The predicted molar refractivity (Wildman–Crippen MR) is 71.7 cm³/mol. The van der Waals surface area contributed by atoms with Crippen LogP contribution in [-0.4, -0.2) is 17.4 Å². The van der Waals surface area contributed by atoms with E-state index in [-0.39, 0.29) is 0 Å². The van der Waals surface area contributed by atoms with E-state index in [9.17, 15) is 4.79 Å². The van der Waals surface area contributed by atoms with Crippen molar-refractivity contribution in [3.63, 3.8) is 0 Å². The monoisotopic (exact) mass is 242 g/mol. The van der Waals surface area contributed by atoms with Gasteiger partial charge in [-0.1, -0.05) is 43.2 Å². The Bertz CT molecular complexity index is 414. The highest BCUT2D eigenvalue weighted by atomic mass is 16.2. The van der Waals surface area contributed by atoms with Crippen LogP contribution in [-0.2, 0) is 11.2 Å². The van der Waals surface area contributed by atoms with Crippen molar-refractivity contribution in [2.24, 2.45) is 5.92 Å². The largest absolute Gasteiger partial charge is 0.334 e. The molecule has 1 saturated heterocycles. The van der Waals surface area contributed by atoms with Crippen molar-refractivity contribution >= 4 is 5.91 Å². The summed E-state index contributed by atoms with van der Waals surface area (Å²) in [7, 11) is 0. The van der Waals surface area contributed by atoms with E-state index in [2.05, 4.69) is 29.2 Å². The van der Waals surface area contributed by atoms with Crippen LogP contribution in [0.1, 0.15) is 37.7 Å². The molecule has 2 fully saturated rings. The van der Waals surface area contributed by atoms with E-state index in [0.29, 0.717) is 11.8 Å². The number of carbonyl (C=O) groups excluding carboxylic acids is 1. The molecule has 2 heteroatoms. The molecule has 18 heavy (non-hydrogen) atoms. The number of carbonyl (C=O) groups is 1. The van der Waals surface area contributed by atoms with Crippen LogP contribution in [0.4, 0.5) is 0 Å². The minimum atomic E-state index is 0.354. The molecule has 0 bridgehead atoms. The molecule has 95 valence electrons. The van der Waals surface area contributed by atoms with Gasteiger partial charge in [0.1, 0.15) is 0 Å². The lowest BCUT2D eigenvalue weighted by molar-refractivity contribution is -0.127. The molecule has 1 heterocycles. The Morgan fingerprint density at radius 3 is 2.83 bits per heavy atom. The lowest BCUT2D eigenvalue weighted by atomic mass is 9.85. The Morgan fingerprint density at radius 1 is 1.17 bits per heavy atom. The van der Waals surface area contributed by atoms with E-state index < -0.39 is 0 Å². The van der Waals surface area contributed by atoms with Crippen molar-refractivity contribution in [3.05, 3.63) is 41.9 Å². The molecule has 1 aliphatic heterocycles. The van der Waals surface area contributed by atoms with Gasteiger partial charge in [-0.3, -0.25) is 4.79 Å². The van der Waals surface area contributed by atoms with Crippen LogP contribution < -0.4 is 0 Å². The topological polar surface area (TPSA) is 20.3 Å². The first-order chi connectivity index (χ1) is 8.84. The van der Waals surface area contributed by atoms with Gasteiger partial charge < -0.3 is 4.90 Å². The second-order valence-corrected chi connectivity index (χ2v) is 5.42. The van der Waals surface area contributed by atoms with Crippen LogP contribution in [0.15, 0.2) is 30.3 Å². The van der Waals surface area contributed by atoms with Gasteiger partial charge in [-0.05, 0) is 30.7 Å². The zero-order chi connectivity index (χ0) is 12.4. The summed E-state index contributed by atoms with van der Waals surface area (Å²) in [6.45, 7) is 0.870. The maximum Gasteiger partial charge on any atom is 0.223 e. The van der Waals surface area contributed by atoms with Gasteiger partial charge in [0.25, 0.3) is 0 Å². The van der Waals surface area contributed by atoms with Gasteiger partial charge in [0.2, 0.25) is 5.91 Å². The Morgan fingerprint density at radius 2 is 2.00 bits per heavy atom. The summed E-state index contributed by atoms with van der Waals surface area (Å²) < 4.78 is 0. The van der Waals surface area contributed by atoms with Gasteiger partial charge in [-0.15, -0.1) is 0 Å². The highest BCUT2D eigenvalue weighted by Crippen LogP contribution is 2.42. The fraction of sp³-hybridized carbons (Fsp3) is 0.500. The van der Waals surface area contributed by atoms with Crippen LogP contribution in [0.2, 0.25) is 0 Å². The first-order valence-corrected chi connectivity index (χ1v) is 7.04. The van der Waals surface area contributed by atoms with E-state index in [1.54, 1.807) is 0 Å². The molecule has 2 aliphatic rings. The Labute approximate surface area is 109 Å². The molecule has 1 aromatic rings. The number of likely N-dealkylation sites (tertiary alicyclic amines) is 1. The van der Waals surface area contributed by atoms with Crippen molar-refractivity contribution in [1.29, 1.82) is 0 Å². The maximum absolute atomic E-state index is 12.1. The zero-order valence-corrected chi connectivity index (χ0v) is 10.8. The third-order valence-corrected chi connectivity index (χ3v) is 4.24. The lowest BCUT2D eigenvalue weighted by Crippen LogP contribution is -2.32. The van der Waals surface area contributed by atoms with Crippen molar-refractivity contribution in [2.75, 3.05) is 6.54 Å². The van der Waals surface area contributed by atoms with Gasteiger partial charge in [0.05, 0.1) is 6.04 Å². The molecule has 0 aromatic heterocycles. The number of nitrogens with zero attached hydrogens (tertiary/aromatic N) is 1. The maximum atomic E-state index is 12.1. The normalized spacial score (nSPS) is 24.3.